The van der Waals surface area contributed by atoms with Gasteiger partial charge in [-0.05, 0) is 42.3 Å². The Labute approximate surface area is 169 Å². The van der Waals surface area contributed by atoms with E-state index in [1.54, 1.807) is 7.11 Å². The van der Waals surface area contributed by atoms with E-state index in [4.69, 9.17) is 9.72 Å². The second-order valence-corrected chi connectivity index (χ2v) is 7.14. The van der Waals surface area contributed by atoms with Gasteiger partial charge in [0, 0.05) is 23.2 Å². The molecule has 29 heavy (non-hydrogen) atoms. The van der Waals surface area contributed by atoms with Crippen LogP contribution >= 0.6 is 0 Å². The molecule has 0 unspecified atom stereocenters. The predicted octanol–water partition coefficient (Wildman–Crippen LogP) is 5.11. The van der Waals surface area contributed by atoms with Gasteiger partial charge in [0.15, 0.2) is 0 Å². The lowest BCUT2D eigenvalue weighted by atomic mass is 10.0. The maximum atomic E-state index is 13.6. The van der Waals surface area contributed by atoms with E-state index in [0.717, 1.165) is 40.0 Å². The molecule has 0 saturated heterocycles. The lowest BCUT2D eigenvalue weighted by Crippen LogP contribution is -2.29. The van der Waals surface area contributed by atoms with Crippen LogP contribution in [0.4, 0.5) is 5.69 Å². The standard InChI is InChI=1S/C25H20N2O2/c1-29-19-9-6-8-18(15-19)23-16-21(20-10-3-4-11-22(20)26-23)25(28)27-14-13-17-7-2-5-12-24(17)27/h2-12,15-16H,13-14H2,1H3. The number of methoxy groups -OCH3 is 1. The highest BCUT2D eigenvalue weighted by Gasteiger charge is 2.27. The van der Waals surface area contributed by atoms with Crippen LogP contribution in [-0.2, 0) is 6.42 Å². The summed E-state index contributed by atoms with van der Waals surface area (Å²) in [5, 5.41) is 0.869. The van der Waals surface area contributed by atoms with E-state index in [2.05, 4.69) is 6.07 Å². The number of pyridine rings is 1. The first-order valence-electron chi connectivity index (χ1n) is 9.68. The van der Waals surface area contributed by atoms with Crippen LogP contribution in [-0.4, -0.2) is 24.5 Å². The van der Waals surface area contributed by atoms with Crippen molar-refractivity contribution in [2.45, 2.75) is 6.42 Å². The zero-order valence-electron chi connectivity index (χ0n) is 16.1. The Morgan fingerprint density at radius 2 is 1.79 bits per heavy atom. The van der Waals surface area contributed by atoms with Crippen LogP contribution in [0.2, 0.25) is 0 Å². The van der Waals surface area contributed by atoms with E-state index in [-0.39, 0.29) is 5.91 Å². The molecule has 2 heterocycles. The summed E-state index contributed by atoms with van der Waals surface area (Å²) in [5.41, 5.74) is 5.38. The van der Waals surface area contributed by atoms with Crippen molar-refractivity contribution in [3.63, 3.8) is 0 Å². The van der Waals surface area contributed by atoms with Crippen LogP contribution < -0.4 is 9.64 Å². The molecule has 4 nitrogen and oxygen atoms in total. The van der Waals surface area contributed by atoms with Gasteiger partial charge >= 0.3 is 0 Å². The van der Waals surface area contributed by atoms with Crippen LogP contribution in [0, 0.1) is 0 Å². The Kier molecular flexibility index (Phi) is 4.24. The molecule has 0 N–H and O–H groups in total. The number of carbonyl (C=O) groups excluding carboxylic acids is 1. The highest BCUT2D eigenvalue weighted by molar-refractivity contribution is 6.15. The highest BCUT2D eigenvalue weighted by Crippen LogP contribution is 2.32. The number of nitrogens with zero attached hydrogens (tertiary/aromatic N) is 2. The van der Waals surface area contributed by atoms with Gasteiger partial charge < -0.3 is 9.64 Å². The van der Waals surface area contributed by atoms with Crippen molar-refractivity contribution in [1.29, 1.82) is 0 Å². The molecule has 0 fully saturated rings. The molecule has 0 atom stereocenters. The Bertz CT molecular complexity index is 1230. The van der Waals surface area contributed by atoms with E-state index in [9.17, 15) is 4.79 Å². The molecule has 1 amide bonds. The van der Waals surface area contributed by atoms with Gasteiger partial charge in [-0.15, -0.1) is 0 Å². The molecule has 5 rings (SSSR count). The van der Waals surface area contributed by atoms with Crippen LogP contribution in [0.3, 0.4) is 0 Å². The van der Waals surface area contributed by atoms with E-state index < -0.39 is 0 Å². The molecule has 0 bridgehead atoms. The van der Waals surface area contributed by atoms with Gasteiger partial charge in [0.25, 0.3) is 5.91 Å². The highest BCUT2D eigenvalue weighted by atomic mass is 16.5. The molecule has 1 aromatic heterocycles. The van der Waals surface area contributed by atoms with Crippen LogP contribution in [0.15, 0.2) is 78.9 Å². The number of fused-ring (bicyclic) bond motifs is 2. The minimum atomic E-state index is 0.0118. The van der Waals surface area contributed by atoms with Gasteiger partial charge in [0.2, 0.25) is 0 Å². The van der Waals surface area contributed by atoms with Gasteiger partial charge in [-0.2, -0.15) is 0 Å². The zero-order valence-corrected chi connectivity index (χ0v) is 16.1. The topological polar surface area (TPSA) is 42.4 Å². The summed E-state index contributed by atoms with van der Waals surface area (Å²) in [7, 11) is 1.65. The quantitative estimate of drug-likeness (QED) is 0.496. The van der Waals surface area contributed by atoms with E-state index >= 15 is 0 Å². The molecule has 3 aromatic carbocycles. The van der Waals surface area contributed by atoms with E-state index in [0.29, 0.717) is 12.1 Å². The van der Waals surface area contributed by atoms with Gasteiger partial charge in [0.1, 0.15) is 5.75 Å². The summed E-state index contributed by atoms with van der Waals surface area (Å²) in [6.45, 7) is 0.698. The molecule has 0 saturated carbocycles. The molecule has 0 aliphatic carbocycles. The number of aromatic nitrogens is 1. The Morgan fingerprint density at radius 3 is 2.69 bits per heavy atom. The summed E-state index contributed by atoms with van der Waals surface area (Å²) in [6.07, 6.45) is 0.883. The molecule has 4 heteroatoms. The first kappa shape index (κ1) is 17.4. The third kappa shape index (κ3) is 3.03. The van der Waals surface area contributed by atoms with Crippen LogP contribution in [0.1, 0.15) is 15.9 Å². The summed E-state index contributed by atoms with van der Waals surface area (Å²) >= 11 is 0. The van der Waals surface area contributed by atoms with E-state index in [1.165, 1.54) is 5.56 Å². The van der Waals surface area contributed by atoms with Crippen molar-refractivity contribution in [2.24, 2.45) is 0 Å². The zero-order chi connectivity index (χ0) is 19.8. The average Bonchev–Trinajstić information content (AvgIpc) is 3.22. The van der Waals surface area contributed by atoms with E-state index in [1.807, 2.05) is 77.7 Å². The summed E-state index contributed by atoms with van der Waals surface area (Å²) in [5.74, 6) is 0.775. The number of rotatable bonds is 3. The summed E-state index contributed by atoms with van der Waals surface area (Å²) in [4.78, 5) is 20.3. The minimum Gasteiger partial charge on any atom is -0.497 e. The van der Waals surface area contributed by atoms with Crippen molar-refractivity contribution >= 4 is 22.5 Å². The summed E-state index contributed by atoms with van der Waals surface area (Å²) < 4.78 is 5.36. The fraction of sp³-hybridized carbons (Fsp3) is 0.120. The number of benzene rings is 3. The number of ether oxygens (including phenoxy) is 1. The van der Waals surface area contributed by atoms with Crippen LogP contribution in [0.25, 0.3) is 22.2 Å². The fourth-order valence-electron chi connectivity index (χ4n) is 3.98. The third-order valence-corrected chi connectivity index (χ3v) is 5.44. The lowest BCUT2D eigenvalue weighted by Gasteiger charge is -2.19. The number of hydrogen-bond acceptors (Lipinski definition) is 3. The second kappa shape index (κ2) is 7.06. The Morgan fingerprint density at radius 1 is 0.966 bits per heavy atom. The Balaban J connectivity index is 1.66. The third-order valence-electron chi connectivity index (χ3n) is 5.44. The monoisotopic (exact) mass is 380 g/mol. The molecule has 142 valence electrons. The number of amides is 1. The normalized spacial score (nSPS) is 12.8. The first-order chi connectivity index (χ1) is 14.2. The molecule has 1 aliphatic rings. The number of para-hydroxylation sites is 2. The van der Waals surface area contributed by atoms with Crippen molar-refractivity contribution in [2.75, 3.05) is 18.6 Å². The van der Waals surface area contributed by atoms with Gasteiger partial charge in [-0.1, -0.05) is 48.5 Å². The largest absolute Gasteiger partial charge is 0.497 e. The van der Waals surface area contributed by atoms with Crippen LogP contribution in [0.5, 0.6) is 5.75 Å². The smallest absolute Gasteiger partial charge is 0.259 e. The van der Waals surface area contributed by atoms with Gasteiger partial charge in [-0.25, -0.2) is 4.98 Å². The van der Waals surface area contributed by atoms with Crippen molar-refractivity contribution in [3.05, 3.63) is 90.0 Å². The maximum Gasteiger partial charge on any atom is 0.259 e. The maximum absolute atomic E-state index is 13.6. The van der Waals surface area contributed by atoms with Crippen molar-refractivity contribution in [1.82, 2.24) is 4.98 Å². The van der Waals surface area contributed by atoms with Crippen molar-refractivity contribution in [3.8, 4) is 17.0 Å². The number of hydrogen-bond donors (Lipinski definition) is 0. The first-order valence-corrected chi connectivity index (χ1v) is 9.68. The molecule has 1 aliphatic heterocycles. The molecular weight excluding hydrogens is 360 g/mol. The summed E-state index contributed by atoms with van der Waals surface area (Å²) in [6, 6.07) is 25.6. The molecule has 4 aromatic rings. The Hall–Kier alpha value is -3.66. The predicted molar refractivity (Wildman–Crippen MR) is 116 cm³/mol. The SMILES string of the molecule is COc1cccc(-c2cc(C(=O)N3CCc4ccccc43)c3ccccc3n2)c1. The average molecular weight is 380 g/mol. The van der Waals surface area contributed by atoms with Gasteiger partial charge in [0.05, 0.1) is 23.9 Å². The molecule has 0 spiro atoms. The van der Waals surface area contributed by atoms with Crippen molar-refractivity contribution < 1.29 is 9.53 Å². The van der Waals surface area contributed by atoms with Gasteiger partial charge in [-0.3, -0.25) is 4.79 Å². The second-order valence-electron chi connectivity index (χ2n) is 7.14. The fourth-order valence-corrected chi connectivity index (χ4v) is 3.98. The minimum absolute atomic E-state index is 0.0118. The molecule has 0 radical (unpaired) electrons. The number of carbonyl (C=O) groups is 1. The lowest BCUT2D eigenvalue weighted by molar-refractivity contribution is 0.0991. The number of anilines is 1. The molecular formula is C25H20N2O2.